The van der Waals surface area contributed by atoms with Crippen molar-refractivity contribution in [3.05, 3.63) is 35.4 Å². The fourth-order valence-electron chi connectivity index (χ4n) is 2.84. The molecule has 0 saturated carbocycles. The second-order valence-electron chi connectivity index (χ2n) is 6.95. The molecule has 0 aromatic heterocycles. The second kappa shape index (κ2) is 15.3. The van der Waals surface area contributed by atoms with E-state index in [0.717, 1.165) is 37.7 Å². The van der Waals surface area contributed by atoms with Crippen LogP contribution in [0.25, 0.3) is 0 Å². The predicted molar refractivity (Wildman–Crippen MR) is 116 cm³/mol. The number of nitrogens with one attached hydrogen (secondary N) is 2. The fourth-order valence-corrected chi connectivity index (χ4v) is 2.84. The number of hydrogen-bond donors (Lipinski definition) is 2. The summed E-state index contributed by atoms with van der Waals surface area (Å²) in [6.45, 7) is 13.3. The van der Waals surface area contributed by atoms with Crippen molar-refractivity contribution < 1.29 is 14.2 Å². The third kappa shape index (κ3) is 10.6. The maximum atomic E-state index is 5.80. The average Bonchev–Trinajstić information content (AvgIpc) is 2.69. The van der Waals surface area contributed by atoms with Crippen molar-refractivity contribution in [2.24, 2.45) is 10.9 Å². The van der Waals surface area contributed by atoms with Gasteiger partial charge < -0.3 is 24.8 Å². The number of guanidine groups is 1. The summed E-state index contributed by atoms with van der Waals surface area (Å²) in [5.41, 5.74) is 2.36. The molecule has 0 saturated heterocycles. The van der Waals surface area contributed by atoms with Gasteiger partial charge in [0, 0.05) is 33.4 Å². The molecule has 0 fully saturated rings. The Labute approximate surface area is 171 Å². The van der Waals surface area contributed by atoms with Gasteiger partial charge in [-0.05, 0) is 37.3 Å². The molecule has 0 aliphatic heterocycles. The van der Waals surface area contributed by atoms with E-state index in [0.29, 0.717) is 32.3 Å². The molecule has 1 rings (SSSR count). The SMILES string of the molecule is CCOCCOCc1cccc(CNC(=NC)NCCC(OCC)C(C)C)c1. The van der Waals surface area contributed by atoms with Crippen LogP contribution < -0.4 is 10.6 Å². The molecule has 160 valence electrons. The van der Waals surface area contributed by atoms with Crippen LogP contribution in [-0.4, -0.2) is 52.1 Å². The van der Waals surface area contributed by atoms with Crippen molar-refractivity contribution in [1.29, 1.82) is 0 Å². The molecule has 1 atom stereocenters. The van der Waals surface area contributed by atoms with Gasteiger partial charge in [-0.15, -0.1) is 0 Å². The summed E-state index contributed by atoms with van der Waals surface area (Å²) in [7, 11) is 1.79. The van der Waals surface area contributed by atoms with E-state index in [1.165, 1.54) is 5.56 Å². The topological polar surface area (TPSA) is 64.1 Å². The van der Waals surface area contributed by atoms with Crippen LogP contribution in [0.4, 0.5) is 0 Å². The van der Waals surface area contributed by atoms with E-state index in [-0.39, 0.29) is 6.10 Å². The molecular formula is C22H39N3O3. The lowest BCUT2D eigenvalue weighted by atomic mass is 10.0. The molecule has 1 aromatic rings. The Kier molecular flexibility index (Phi) is 13.3. The first-order chi connectivity index (χ1) is 13.6. The first kappa shape index (κ1) is 24.4. The molecule has 2 N–H and O–H groups in total. The third-order valence-electron chi connectivity index (χ3n) is 4.37. The van der Waals surface area contributed by atoms with Crippen LogP contribution >= 0.6 is 0 Å². The van der Waals surface area contributed by atoms with Gasteiger partial charge in [-0.25, -0.2) is 0 Å². The number of hydrogen-bond acceptors (Lipinski definition) is 4. The lowest BCUT2D eigenvalue weighted by molar-refractivity contribution is 0.0258. The van der Waals surface area contributed by atoms with Crippen molar-refractivity contribution in [1.82, 2.24) is 10.6 Å². The number of nitrogens with zero attached hydrogens (tertiary/aromatic N) is 1. The Bertz CT molecular complexity index is 550. The Hall–Kier alpha value is -1.63. The van der Waals surface area contributed by atoms with Crippen LogP contribution in [0.1, 0.15) is 45.2 Å². The van der Waals surface area contributed by atoms with Gasteiger partial charge in [0.25, 0.3) is 0 Å². The first-order valence-corrected chi connectivity index (χ1v) is 10.4. The van der Waals surface area contributed by atoms with E-state index in [1.54, 1.807) is 7.05 Å². The quantitative estimate of drug-likeness (QED) is 0.288. The van der Waals surface area contributed by atoms with Crippen LogP contribution in [0.5, 0.6) is 0 Å². The smallest absolute Gasteiger partial charge is 0.191 e. The molecule has 6 nitrogen and oxygen atoms in total. The minimum atomic E-state index is 0.273. The van der Waals surface area contributed by atoms with Crippen molar-refractivity contribution >= 4 is 5.96 Å². The highest BCUT2D eigenvalue weighted by Gasteiger charge is 2.12. The van der Waals surface area contributed by atoms with Crippen LogP contribution in [0, 0.1) is 5.92 Å². The molecule has 28 heavy (non-hydrogen) atoms. The molecule has 0 spiro atoms. The molecular weight excluding hydrogens is 354 g/mol. The number of ether oxygens (including phenoxy) is 3. The van der Waals surface area contributed by atoms with Gasteiger partial charge in [-0.2, -0.15) is 0 Å². The monoisotopic (exact) mass is 393 g/mol. The average molecular weight is 394 g/mol. The zero-order valence-corrected chi connectivity index (χ0v) is 18.3. The van der Waals surface area contributed by atoms with Crippen LogP contribution in [0.3, 0.4) is 0 Å². The summed E-state index contributed by atoms with van der Waals surface area (Å²) in [6.07, 6.45) is 1.23. The van der Waals surface area contributed by atoms with Crippen molar-refractivity contribution in [2.75, 3.05) is 40.0 Å². The Balaban J connectivity index is 2.37. The standard InChI is InChI=1S/C22H39N3O3/c1-6-26-13-14-27-17-20-10-8-9-19(15-20)16-25-22(23-5)24-12-11-21(18(3)4)28-7-2/h8-10,15,18,21H,6-7,11-14,16-17H2,1-5H3,(H2,23,24,25). The molecule has 0 aliphatic rings. The molecule has 1 unspecified atom stereocenters. The van der Waals surface area contributed by atoms with Gasteiger partial charge in [0.2, 0.25) is 0 Å². The van der Waals surface area contributed by atoms with E-state index in [4.69, 9.17) is 14.2 Å². The van der Waals surface area contributed by atoms with Crippen molar-refractivity contribution in [2.45, 2.75) is 53.4 Å². The summed E-state index contributed by atoms with van der Waals surface area (Å²) >= 11 is 0. The number of rotatable bonds is 14. The molecule has 0 heterocycles. The van der Waals surface area contributed by atoms with E-state index in [9.17, 15) is 0 Å². The normalized spacial score (nSPS) is 13.0. The zero-order valence-electron chi connectivity index (χ0n) is 18.3. The summed E-state index contributed by atoms with van der Waals surface area (Å²) in [5.74, 6) is 1.31. The van der Waals surface area contributed by atoms with Crippen LogP contribution in [0.2, 0.25) is 0 Å². The van der Waals surface area contributed by atoms with Gasteiger partial charge >= 0.3 is 0 Å². The van der Waals surface area contributed by atoms with E-state index >= 15 is 0 Å². The maximum Gasteiger partial charge on any atom is 0.191 e. The predicted octanol–water partition coefficient (Wildman–Crippen LogP) is 3.36. The van der Waals surface area contributed by atoms with Gasteiger partial charge in [0.05, 0.1) is 25.9 Å². The molecule has 0 aliphatic carbocycles. The largest absolute Gasteiger partial charge is 0.379 e. The Morgan fingerprint density at radius 3 is 2.46 bits per heavy atom. The number of benzene rings is 1. The minimum Gasteiger partial charge on any atom is -0.379 e. The van der Waals surface area contributed by atoms with E-state index in [2.05, 4.69) is 53.7 Å². The van der Waals surface area contributed by atoms with Crippen LogP contribution in [0.15, 0.2) is 29.3 Å². The van der Waals surface area contributed by atoms with Crippen molar-refractivity contribution in [3.8, 4) is 0 Å². The van der Waals surface area contributed by atoms with Crippen LogP contribution in [-0.2, 0) is 27.4 Å². The lowest BCUT2D eigenvalue weighted by Crippen LogP contribution is -2.38. The highest BCUT2D eigenvalue weighted by Crippen LogP contribution is 2.10. The number of aliphatic imine (C=N–C) groups is 1. The summed E-state index contributed by atoms with van der Waals surface area (Å²) in [5, 5.41) is 6.74. The molecule has 1 aromatic carbocycles. The maximum absolute atomic E-state index is 5.80. The van der Waals surface area contributed by atoms with Gasteiger partial charge in [-0.1, -0.05) is 38.1 Å². The van der Waals surface area contributed by atoms with Crippen molar-refractivity contribution in [3.63, 3.8) is 0 Å². The van der Waals surface area contributed by atoms with Gasteiger partial charge in [0.15, 0.2) is 5.96 Å². The molecule has 0 radical (unpaired) electrons. The van der Waals surface area contributed by atoms with E-state index in [1.807, 2.05) is 13.8 Å². The highest BCUT2D eigenvalue weighted by molar-refractivity contribution is 5.79. The summed E-state index contributed by atoms with van der Waals surface area (Å²) in [6, 6.07) is 8.40. The minimum absolute atomic E-state index is 0.273. The Morgan fingerprint density at radius 1 is 1.04 bits per heavy atom. The Morgan fingerprint density at radius 2 is 1.79 bits per heavy atom. The zero-order chi connectivity index (χ0) is 20.6. The third-order valence-corrected chi connectivity index (χ3v) is 4.37. The summed E-state index contributed by atoms with van der Waals surface area (Å²) < 4.78 is 16.7. The fraction of sp³-hybridized carbons (Fsp3) is 0.682. The second-order valence-corrected chi connectivity index (χ2v) is 6.95. The highest BCUT2D eigenvalue weighted by atomic mass is 16.5. The lowest BCUT2D eigenvalue weighted by Gasteiger charge is -2.21. The van der Waals surface area contributed by atoms with Gasteiger partial charge in [0.1, 0.15) is 0 Å². The molecule has 0 bridgehead atoms. The summed E-state index contributed by atoms with van der Waals surface area (Å²) in [4.78, 5) is 4.31. The molecule has 6 heteroatoms. The van der Waals surface area contributed by atoms with E-state index < -0.39 is 0 Å². The van der Waals surface area contributed by atoms with Gasteiger partial charge in [-0.3, -0.25) is 4.99 Å². The molecule has 0 amide bonds. The first-order valence-electron chi connectivity index (χ1n) is 10.4.